The van der Waals surface area contributed by atoms with E-state index in [9.17, 15) is 5.11 Å². The summed E-state index contributed by atoms with van der Waals surface area (Å²) in [7, 11) is 0. The van der Waals surface area contributed by atoms with Gasteiger partial charge in [-0.3, -0.25) is 0 Å². The number of aliphatic hydroxyl groups excluding tert-OH is 1. The second-order valence-electron chi connectivity index (χ2n) is 6.40. The van der Waals surface area contributed by atoms with E-state index in [0.717, 1.165) is 18.5 Å². The van der Waals surface area contributed by atoms with Crippen LogP contribution in [-0.4, -0.2) is 30.5 Å². The zero-order valence-electron chi connectivity index (χ0n) is 13.3. The minimum atomic E-state index is -0.447. The van der Waals surface area contributed by atoms with E-state index >= 15 is 0 Å². The predicted octanol–water partition coefficient (Wildman–Crippen LogP) is 3.93. The molecule has 0 heterocycles. The van der Waals surface area contributed by atoms with Crippen LogP contribution in [0.15, 0.2) is 24.3 Å². The summed E-state index contributed by atoms with van der Waals surface area (Å²) in [6.07, 6.45) is 6.07. The van der Waals surface area contributed by atoms with E-state index in [-0.39, 0.29) is 0 Å². The Kier molecular flexibility index (Phi) is 6.52. The lowest BCUT2D eigenvalue weighted by atomic mass is 9.98. The van der Waals surface area contributed by atoms with Crippen LogP contribution < -0.4 is 5.32 Å². The quantitative estimate of drug-likeness (QED) is 0.799. The van der Waals surface area contributed by atoms with E-state index in [4.69, 9.17) is 4.74 Å². The Morgan fingerprint density at radius 1 is 1.14 bits per heavy atom. The number of rotatable bonds is 7. The van der Waals surface area contributed by atoms with Gasteiger partial charge in [0.15, 0.2) is 0 Å². The molecule has 1 unspecified atom stereocenters. The fourth-order valence-corrected chi connectivity index (χ4v) is 2.76. The molecule has 1 atom stereocenters. The molecule has 0 aromatic heterocycles. The monoisotopic (exact) mass is 291 g/mol. The van der Waals surface area contributed by atoms with E-state index in [0.29, 0.717) is 25.2 Å². The molecule has 0 amide bonds. The summed E-state index contributed by atoms with van der Waals surface area (Å²) in [5.41, 5.74) is 2.39. The summed E-state index contributed by atoms with van der Waals surface area (Å²) in [5.74, 6) is 0.550. The first-order valence-electron chi connectivity index (χ1n) is 8.28. The van der Waals surface area contributed by atoms with Gasteiger partial charge < -0.3 is 15.2 Å². The number of ether oxygens (including phenoxy) is 1. The molecule has 0 radical (unpaired) electrons. The molecule has 3 nitrogen and oxygen atoms in total. The van der Waals surface area contributed by atoms with Crippen LogP contribution in [0.1, 0.15) is 57.4 Å². The van der Waals surface area contributed by atoms with Crippen molar-refractivity contribution in [3.8, 4) is 0 Å². The van der Waals surface area contributed by atoms with Crippen LogP contribution in [0.25, 0.3) is 0 Å². The first-order valence-corrected chi connectivity index (χ1v) is 8.28. The SMILES string of the molecule is CC(C)c1ccc(NCC(O)COC2CCCCC2)cc1. The highest BCUT2D eigenvalue weighted by Crippen LogP contribution is 2.20. The largest absolute Gasteiger partial charge is 0.389 e. The van der Waals surface area contributed by atoms with Crippen LogP contribution in [0.2, 0.25) is 0 Å². The molecule has 0 aliphatic heterocycles. The molecule has 2 rings (SSSR count). The normalized spacial score (nSPS) is 17.9. The van der Waals surface area contributed by atoms with Gasteiger partial charge in [-0.15, -0.1) is 0 Å². The van der Waals surface area contributed by atoms with Crippen LogP contribution >= 0.6 is 0 Å². The molecule has 21 heavy (non-hydrogen) atoms. The van der Waals surface area contributed by atoms with E-state index in [1.165, 1.54) is 24.8 Å². The molecule has 1 aromatic carbocycles. The third kappa shape index (κ3) is 5.68. The molecule has 1 fully saturated rings. The highest BCUT2D eigenvalue weighted by atomic mass is 16.5. The lowest BCUT2D eigenvalue weighted by Gasteiger charge is -2.23. The van der Waals surface area contributed by atoms with Crippen molar-refractivity contribution < 1.29 is 9.84 Å². The van der Waals surface area contributed by atoms with Crippen molar-refractivity contribution in [3.05, 3.63) is 29.8 Å². The minimum Gasteiger partial charge on any atom is -0.389 e. The summed E-state index contributed by atoms with van der Waals surface area (Å²) in [5, 5.41) is 13.3. The van der Waals surface area contributed by atoms with Crippen LogP contribution in [0.3, 0.4) is 0 Å². The molecular weight excluding hydrogens is 262 g/mol. The highest BCUT2D eigenvalue weighted by Gasteiger charge is 2.15. The number of anilines is 1. The van der Waals surface area contributed by atoms with E-state index in [1.54, 1.807) is 0 Å². The summed E-state index contributed by atoms with van der Waals surface area (Å²) >= 11 is 0. The Hall–Kier alpha value is -1.06. The van der Waals surface area contributed by atoms with Crippen molar-refractivity contribution in [3.63, 3.8) is 0 Å². The lowest BCUT2D eigenvalue weighted by Crippen LogP contribution is -2.28. The molecule has 1 saturated carbocycles. The van der Waals surface area contributed by atoms with Gasteiger partial charge in [0.2, 0.25) is 0 Å². The van der Waals surface area contributed by atoms with E-state index in [2.05, 4.69) is 43.4 Å². The molecule has 118 valence electrons. The topological polar surface area (TPSA) is 41.5 Å². The van der Waals surface area contributed by atoms with Gasteiger partial charge in [-0.2, -0.15) is 0 Å². The first-order chi connectivity index (χ1) is 10.1. The molecule has 0 spiro atoms. The zero-order valence-corrected chi connectivity index (χ0v) is 13.3. The molecular formula is C18H29NO2. The average molecular weight is 291 g/mol. The molecule has 3 heteroatoms. The zero-order chi connectivity index (χ0) is 15.1. The van der Waals surface area contributed by atoms with Crippen LogP contribution in [-0.2, 0) is 4.74 Å². The maximum atomic E-state index is 10.00. The van der Waals surface area contributed by atoms with Gasteiger partial charge >= 0.3 is 0 Å². The number of hydrogen-bond donors (Lipinski definition) is 2. The number of aliphatic hydroxyl groups is 1. The minimum absolute atomic E-state index is 0.360. The number of benzene rings is 1. The second-order valence-corrected chi connectivity index (χ2v) is 6.40. The predicted molar refractivity (Wildman–Crippen MR) is 87.9 cm³/mol. The number of hydrogen-bond acceptors (Lipinski definition) is 3. The Balaban J connectivity index is 1.66. The molecule has 0 bridgehead atoms. The fraction of sp³-hybridized carbons (Fsp3) is 0.667. The third-order valence-electron chi connectivity index (χ3n) is 4.20. The first kappa shape index (κ1) is 16.3. The van der Waals surface area contributed by atoms with Crippen LogP contribution in [0, 0.1) is 0 Å². The van der Waals surface area contributed by atoms with Gasteiger partial charge in [-0.25, -0.2) is 0 Å². The molecule has 1 aliphatic carbocycles. The van der Waals surface area contributed by atoms with E-state index < -0.39 is 6.10 Å². The fourth-order valence-electron chi connectivity index (χ4n) is 2.76. The van der Waals surface area contributed by atoms with Gasteiger partial charge in [0.25, 0.3) is 0 Å². The van der Waals surface area contributed by atoms with Crippen molar-refractivity contribution >= 4 is 5.69 Å². The molecule has 1 aliphatic rings. The maximum absolute atomic E-state index is 10.00. The van der Waals surface area contributed by atoms with Gasteiger partial charge in [-0.05, 0) is 36.5 Å². The Morgan fingerprint density at radius 2 is 1.81 bits per heavy atom. The van der Waals surface area contributed by atoms with Crippen molar-refractivity contribution in [2.75, 3.05) is 18.5 Å². The Bertz CT molecular complexity index is 396. The summed E-state index contributed by atoms with van der Waals surface area (Å²) in [4.78, 5) is 0. The van der Waals surface area contributed by atoms with Crippen LogP contribution in [0.5, 0.6) is 0 Å². The van der Waals surface area contributed by atoms with Crippen molar-refractivity contribution in [2.24, 2.45) is 0 Å². The summed E-state index contributed by atoms with van der Waals surface area (Å²) in [6.45, 7) is 5.35. The van der Waals surface area contributed by atoms with Crippen molar-refractivity contribution in [1.82, 2.24) is 0 Å². The molecule has 0 saturated heterocycles. The number of nitrogens with one attached hydrogen (secondary N) is 1. The Labute approximate surface area is 128 Å². The maximum Gasteiger partial charge on any atom is 0.0945 e. The molecule has 2 N–H and O–H groups in total. The van der Waals surface area contributed by atoms with Gasteiger partial charge in [0, 0.05) is 12.2 Å². The van der Waals surface area contributed by atoms with Crippen LogP contribution in [0.4, 0.5) is 5.69 Å². The van der Waals surface area contributed by atoms with Crippen molar-refractivity contribution in [1.29, 1.82) is 0 Å². The lowest BCUT2D eigenvalue weighted by molar-refractivity contribution is -0.0195. The standard InChI is InChI=1S/C18H29NO2/c1-14(2)15-8-10-16(11-9-15)19-12-17(20)13-21-18-6-4-3-5-7-18/h8-11,14,17-20H,3-7,12-13H2,1-2H3. The third-order valence-corrected chi connectivity index (χ3v) is 4.20. The smallest absolute Gasteiger partial charge is 0.0945 e. The summed E-state index contributed by atoms with van der Waals surface area (Å²) < 4.78 is 5.79. The van der Waals surface area contributed by atoms with Gasteiger partial charge in [-0.1, -0.05) is 45.2 Å². The molecule has 1 aromatic rings. The van der Waals surface area contributed by atoms with Gasteiger partial charge in [0.1, 0.15) is 0 Å². The summed E-state index contributed by atoms with van der Waals surface area (Å²) in [6, 6.07) is 8.42. The highest BCUT2D eigenvalue weighted by molar-refractivity contribution is 5.45. The van der Waals surface area contributed by atoms with Gasteiger partial charge in [0.05, 0.1) is 18.8 Å². The Morgan fingerprint density at radius 3 is 2.43 bits per heavy atom. The van der Waals surface area contributed by atoms with E-state index in [1.807, 2.05) is 0 Å². The van der Waals surface area contributed by atoms with Crippen molar-refractivity contribution in [2.45, 2.75) is 64.1 Å². The average Bonchev–Trinajstić information content (AvgIpc) is 2.52. The second kappa shape index (κ2) is 8.40.